The van der Waals surface area contributed by atoms with Crippen LogP contribution in [-0.2, 0) is 11.2 Å². The lowest BCUT2D eigenvalue weighted by Gasteiger charge is -2.06. The zero-order chi connectivity index (χ0) is 19.1. The van der Waals surface area contributed by atoms with Crippen molar-refractivity contribution >= 4 is 27.9 Å². The Labute approximate surface area is 165 Å². The number of carbonyl (C=O) groups is 2. The summed E-state index contributed by atoms with van der Waals surface area (Å²) in [5.41, 5.74) is 1.61. The van der Waals surface area contributed by atoms with E-state index in [1.54, 1.807) is 18.2 Å². The fourth-order valence-electron chi connectivity index (χ4n) is 2.41. The first-order chi connectivity index (χ1) is 13.1. The fourth-order valence-corrected chi connectivity index (χ4v) is 2.72. The monoisotopic (exact) mass is 428 g/mol. The van der Waals surface area contributed by atoms with Gasteiger partial charge in [-0.05, 0) is 70.7 Å². The first-order valence-electron chi connectivity index (χ1n) is 8.40. The minimum Gasteiger partial charge on any atom is -0.462 e. The van der Waals surface area contributed by atoms with Gasteiger partial charge in [-0.1, -0.05) is 30.3 Å². The molecule has 0 aliphatic carbocycles. The number of aryl methyl sites for hydroxylation is 1. The summed E-state index contributed by atoms with van der Waals surface area (Å²) in [4.78, 5) is 24.0. The van der Waals surface area contributed by atoms with Crippen molar-refractivity contribution in [1.82, 2.24) is 0 Å². The minimum absolute atomic E-state index is 0.0868. The van der Waals surface area contributed by atoms with Crippen molar-refractivity contribution in [3.63, 3.8) is 0 Å². The highest BCUT2D eigenvalue weighted by Crippen LogP contribution is 2.18. The van der Waals surface area contributed by atoms with Gasteiger partial charge in [0.25, 0.3) is 0 Å². The van der Waals surface area contributed by atoms with Crippen molar-refractivity contribution in [3.05, 3.63) is 88.3 Å². The summed E-state index contributed by atoms with van der Waals surface area (Å²) in [5.74, 6) is -0.621. The van der Waals surface area contributed by atoms with Crippen LogP contribution in [0, 0.1) is 0 Å². The van der Waals surface area contributed by atoms with Crippen molar-refractivity contribution in [1.29, 1.82) is 0 Å². The van der Waals surface area contributed by atoms with Gasteiger partial charge in [0.05, 0.1) is 12.2 Å². The molecule has 0 atom stereocenters. The van der Waals surface area contributed by atoms with E-state index in [1.807, 2.05) is 30.3 Å². The lowest BCUT2D eigenvalue weighted by Crippen LogP contribution is -2.09. The maximum atomic E-state index is 12.1. The van der Waals surface area contributed by atoms with Crippen molar-refractivity contribution in [2.24, 2.45) is 0 Å². The van der Waals surface area contributed by atoms with Gasteiger partial charge in [0.1, 0.15) is 5.75 Å². The van der Waals surface area contributed by atoms with Crippen LogP contribution in [0.25, 0.3) is 0 Å². The zero-order valence-corrected chi connectivity index (χ0v) is 16.0. The summed E-state index contributed by atoms with van der Waals surface area (Å²) >= 11 is 3.12. The number of esters is 2. The van der Waals surface area contributed by atoms with Crippen LogP contribution < -0.4 is 4.74 Å². The van der Waals surface area contributed by atoms with Gasteiger partial charge in [0.2, 0.25) is 5.76 Å². The third kappa shape index (κ3) is 5.56. The highest BCUT2D eigenvalue weighted by Gasteiger charge is 2.14. The van der Waals surface area contributed by atoms with Crippen LogP contribution in [-0.4, -0.2) is 18.5 Å². The molecule has 27 heavy (non-hydrogen) atoms. The molecular formula is C21H17BrO5. The van der Waals surface area contributed by atoms with Gasteiger partial charge in [-0.15, -0.1) is 0 Å². The summed E-state index contributed by atoms with van der Waals surface area (Å²) in [7, 11) is 0. The Morgan fingerprint density at radius 3 is 2.30 bits per heavy atom. The van der Waals surface area contributed by atoms with Crippen LogP contribution in [0.15, 0.2) is 75.8 Å². The first kappa shape index (κ1) is 18.9. The Hall–Kier alpha value is -2.86. The molecule has 5 nitrogen and oxygen atoms in total. The van der Waals surface area contributed by atoms with Crippen LogP contribution >= 0.6 is 15.9 Å². The third-order valence-corrected chi connectivity index (χ3v) is 4.19. The van der Waals surface area contributed by atoms with E-state index in [2.05, 4.69) is 15.9 Å². The fraction of sp³-hybridized carbons (Fsp3) is 0.143. The molecule has 138 valence electrons. The summed E-state index contributed by atoms with van der Waals surface area (Å²) in [6, 6.07) is 19.3. The highest BCUT2D eigenvalue weighted by molar-refractivity contribution is 9.10. The van der Waals surface area contributed by atoms with E-state index in [-0.39, 0.29) is 5.76 Å². The lowest BCUT2D eigenvalue weighted by molar-refractivity contribution is 0.0500. The maximum Gasteiger partial charge on any atom is 0.379 e. The molecule has 0 unspecified atom stereocenters. The zero-order valence-electron chi connectivity index (χ0n) is 14.4. The van der Waals surface area contributed by atoms with E-state index >= 15 is 0 Å². The second kappa shape index (κ2) is 9.19. The molecule has 1 aromatic heterocycles. The van der Waals surface area contributed by atoms with E-state index < -0.39 is 11.9 Å². The van der Waals surface area contributed by atoms with Gasteiger partial charge >= 0.3 is 11.9 Å². The number of carbonyl (C=O) groups excluding carboxylic acids is 2. The number of rotatable bonds is 7. The smallest absolute Gasteiger partial charge is 0.379 e. The van der Waals surface area contributed by atoms with Crippen molar-refractivity contribution < 1.29 is 23.5 Å². The van der Waals surface area contributed by atoms with E-state index in [4.69, 9.17) is 13.9 Å². The molecule has 0 amide bonds. The second-order valence-corrected chi connectivity index (χ2v) is 6.52. The molecule has 2 aromatic carbocycles. The Bertz CT molecular complexity index is 900. The van der Waals surface area contributed by atoms with Crippen LogP contribution in [0.2, 0.25) is 0 Å². The Morgan fingerprint density at radius 1 is 0.889 bits per heavy atom. The molecule has 0 N–H and O–H groups in total. The molecule has 3 aromatic rings. The van der Waals surface area contributed by atoms with Crippen LogP contribution in [0.5, 0.6) is 5.75 Å². The van der Waals surface area contributed by atoms with Crippen LogP contribution in [0.3, 0.4) is 0 Å². The van der Waals surface area contributed by atoms with E-state index in [0.717, 1.165) is 12.8 Å². The van der Waals surface area contributed by atoms with E-state index in [9.17, 15) is 9.59 Å². The number of benzene rings is 2. The number of furan rings is 1. The molecule has 1 heterocycles. The standard InChI is InChI=1S/C21H17BrO5/c22-19-13-12-18(27-19)21(24)26-17-10-8-16(9-11-17)20(23)25-14-4-7-15-5-2-1-3-6-15/h1-3,5-6,8-13H,4,7,14H2. The highest BCUT2D eigenvalue weighted by atomic mass is 79.9. The topological polar surface area (TPSA) is 65.7 Å². The average molecular weight is 429 g/mol. The molecule has 0 saturated heterocycles. The first-order valence-corrected chi connectivity index (χ1v) is 9.20. The maximum absolute atomic E-state index is 12.1. The van der Waals surface area contributed by atoms with Gasteiger partial charge < -0.3 is 13.9 Å². The van der Waals surface area contributed by atoms with Gasteiger partial charge in [0, 0.05) is 0 Å². The van der Waals surface area contributed by atoms with E-state index in [1.165, 1.54) is 23.8 Å². The van der Waals surface area contributed by atoms with Crippen LogP contribution in [0.4, 0.5) is 0 Å². The molecule has 0 bridgehead atoms. The molecule has 0 aliphatic heterocycles. The number of hydrogen-bond donors (Lipinski definition) is 0. The normalized spacial score (nSPS) is 10.4. The van der Waals surface area contributed by atoms with Crippen LogP contribution in [0.1, 0.15) is 32.9 Å². The molecule has 0 spiro atoms. The molecule has 3 rings (SSSR count). The molecule has 0 aliphatic rings. The van der Waals surface area contributed by atoms with Crippen molar-refractivity contribution in [3.8, 4) is 5.75 Å². The van der Waals surface area contributed by atoms with Crippen molar-refractivity contribution in [2.75, 3.05) is 6.61 Å². The predicted molar refractivity (Wildman–Crippen MR) is 103 cm³/mol. The second-order valence-electron chi connectivity index (χ2n) is 5.74. The Balaban J connectivity index is 1.46. The van der Waals surface area contributed by atoms with E-state index in [0.29, 0.717) is 22.6 Å². The molecule has 6 heteroatoms. The quantitative estimate of drug-likeness (QED) is 0.299. The lowest BCUT2D eigenvalue weighted by atomic mass is 10.1. The van der Waals surface area contributed by atoms with Gasteiger partial charge in [-0.2, -0.15) is 0 Å². The van der Waals surface area contributed by atoms with Gasteiger partial charge in [-0.3, -0.25) is 0 Å². The SMILES string of the molecule is O=C(OCCCc1ccccc1)c1ccc(OC(=O)c2ccc(Br)o2)cc1. The molecule has 0 fully saturated rings. The number of hydrogen-bond acceptors (Lipinski definition) is 5. The number of halogens is 1. The largest absolute Gasteiger partial charge is 0.462 e. The summed E-state index contributed by atoms with van der Waals surface area (Å²) in [5, 5.41) is 0. The Morgan fingerprint density at radius 2 is 1.63 bits per heavy atom. The summed E-state index contributed by atoms with van der Waals surface area (Å²) in [6.07, 6.45) is 1.61. The number of ether oxygens (including phenoxy) is 2. The summed E-state index contributed by atoms with van der Waals surface area (Å²) in [6.45, 7) is 0.345. The van der Waals surface area contributed by atoms with Crippen molar-refractivity contribution in [2.45, 2.75) is 12.8 Å². The van der Waals surface area contributed by atoms with Gasteiger partial charge in [0.15, 0.2) is 4.67 Å². The molecule has 0 radical (unpaired) electrons. The third-order valence-electron chi connectivity index (χ3n) is 3.76. The predicted octanol–water partition coefficient (Wildman–Crippen LogP) is 5.05. The summed E-state index contributed by atoms with van der Waals surface area (Å²) < 4.78 is 16.0. The minimum atomic E-state index is -0.614. The van der Waals surface area contributed by atoms with Gasteiger partial charge in [-0.25, -0.2) is 9.59 Å². The molecular weight excluding hydrogens is 412 g/mol. The Kier molecular flexibility index (Phi) is 6.44. The molecule has 0 saturated carbocycles. The average Bonchev–Trinajstić information content (AvgIpc) is 3.13.